The van der Waals surface area contributed by atoms with Crippen LogP contribution in [0.2, 0.25) is 0 Å². The molecule has 18 heavy (non-hydrogen) atoms. The van der Waals surface area contributed by atoms with Gasteiger partial charge in [-0.25, -0.2) is 12.8 Å². The van der Waals surface area contributed by atoms with Crippen LogP contribution in [0, 0.1) is 18.7 Å². The van der Waals surface area contributed by atoms with Gasteiger partial charge in [0, 0.05) is 0 Å². The van der Waals surface area contributed by atoms with Gasteiger partial charge in [-0.3, -0.25) is 4.72 Å². The second-order valence-corrected chi connectivity index (χ2v) is 7.38. The standard InChI is InChI=1S/C12H17BrFNO2S/c1-8(2)4-5-18(16,17)15-12-7-10(13)11(14)6-9(12)3/h6-8,15H,4-5H2,1-3H3. The fourth-order valence-electron chi connectivity index (χ4n) is 1.37. The highest BCUT2D eigenvalue weighted by Crippen LogP contribution is 2.25. The molecule has 1 aromatic rings. The summed E-state index contributed by atoms with van der Waals surface area (Å²) in [4.78, 5) is 0. The smallest absolute Gasteiger partial charge is 0.232 e. The van der Waals surface area contributed by atoms with Crippen molar-refractivity contribution in [3.63, 3.8) is 0 Å². The molecule has 3 nitrogen and oxygen atoms in total. The van der Waals surface area contributed by atoms with Crippen molar-refractivity contribution in [3.05, 3.63) is 28.0 Å². The lowest BCUT2D eigenvalue weighted by Crippen LogP contribution is -2.18. The number of sulfonamides is 1. The summed E-state index contributed by atoms with van der Waals surface area (Å²) in [6.45, 7) is 5.60. The van der Waals surface area contributed by atoms with Crippen LogP contribution < -0.4 is 4.72 Å². The molecule has 0 saturated heterocycles. The van der Waals surface area contributed by atoms with Gasteiger partial charge in [-0.2, -0.15) is 0 Å². The van der Waals surface area contributed by atoms with E-state index in [1.54, 1.807) is 6.92 Å². The lowest BCUT2D eigenvalue weighted by molar-refractivity contribution is 0.577. The van der Waals surface area contributed by atoms with Crippen molar-refractivity contribution in [1.82, 2.24) is 0 Å². The summed E-state index contributed by atoms with van der Waals surface area (Å²) in [6, 6.07) is 2.74. The van der Waals surface area contributed by atoms with E-state index in [9.17, 15) is 12.8 Å². The van der Waals surface area contributed by atoms with Crippen LogP contribution in [-0.2, 0) is 10.0 Å². The number of benzene rings is 1. The number of nitrogens with one attached hydrogen (secondary N) is 1. The van der Waals surface area contributed by atoms with E-state index in [2.05, 4.69) is 20.7 Å². The minimum Gasteiger partial charge on any atom is -0.283 e. The van der Waals surface area contributed by atoms with Crippen LogP contribution in [-0.4, -0.2) is 14.2 Å². The quantitative estimate of drug-likeness (QED) is 0.890. The molecule has 0 aromatic heterocycles. The monoisotopic (exact) mass is 337 g/mol. The first kappa shape index (κ1) is 15.4. The third kappa shape index (κ3) is 4.57. The van der Waals surface area contributed by atoms with Crippen molar-refractivity contribution < 1.29 is 12.8 Å². The van der Waals surface area contributed by atoms with Crippen LogP contribution in [0.4, 0.5) is 10.1 Å². The maximum absolute atomic E-state index is 13.2. The Bertz CT molecular complexity index is 529. The molecule has 0 heterocycles. The molecule has 0 aliphatic carbocycles. The Morgan fingerprint density at radius 2 is 2.00 bits per heavy atom. The van der Waals surface area contributed by atoms with Gasteiger partial charge >= 0.3 is 0 Å². The molecule has 6 heteroatoms. The molecule has 0 radical (unpaired) electrons. The van der Waals surface area contributed by atoms with Crippen LogP contribution in [0.5, 0.6) is 0 Å². The molecule has 0 saturated carbocycles. The number of hydrogen-bond donors (Lipinski definition) is 1. The molecule has 1 rings (SSSR count). The lowest BCUT2D eigenvalue weighted by atomic mass is 10.2. The summed E-state index contributed by atoms with van der Waals surface area (Å²) in [5.41, 5.74) is 0.968. The maximum atomic E-state index is 13.2. The highest BCUT2D eigenvalue weighted by atomic mass is 79.9. The second kappa shape index (κ2) is 6.02. The molecule has 0 unspecified atom stereocenters. The third-order valence-electron chi connectivity index (χ3n) is 2.50. The molecular formula is C12H17BrFNO2S. The molecule has 1 N–H and O–H groups in total. The van der Waals surface area contributed by atoms with E-state index in [4.69, 9.17) is 0 Å². The zero-order valence-electron chi connectivity index (χ0n) is 10.6. The van der Waals surface area contributed by atoms with Crippen LogP contribution >= 0.6 is 15.9 Å². The maximum Gasteiger partial charge on any atom is 0.232 e. The highest BCUT2D eigenvalue weighted by Gasteiger charge is 2.14. The summed E-state index contributed by atoms with van der Waals surface area (Å²) in [5.74, 6) is -0.0145. The van der Waals surface area contributed by atoms with E-state index < -0.39 is 15.8 Å². The fourth-order valence-corrected chi connectivity index (χ4v) is 3.15. The Labute approximate surface area is 116 Å². The summed E-state index contributed by atoms with van der Waals surface area (Å²) < 4.78 is 39.6. The van der Waals surface area contributed by atoms with Gasteiger partial charge in [0.2, 0.25) is 10.0 Å². The van der Waals surface area contributed by atoms with Gasteiger partial charge < -0.3 is 0 Å². The van der Waals surface area contributed by atoms with Crippen molar-refractivity contribution >= 4 is 31.6 Å². The number of aryl methyl sites for hydroxylation is 1. The van der Waals surface area contributed by atoms with Gasteiger partial charge in [-0.15, -0.1) is 0 Å². The number of halogens is 2. The average molecular weight is 338 g/mol. The van der Waals surface area contributed by atoms with E-state index >= 15 is 0 Å². The lowest BCUT2D eigenvalue weighted by Gasteiger charge is -2.12. The predicted octanol–water partition coefficient (Wildman–Crippen LogP) is 3.68. The third-order valence-corrected chi connectivity index (χ3v) is 4.41. The molecule has 102 valence electrons. The number of rotatable bonds is 5. The number of anilines is 1. The summed E-state index contributed by atoms with van der Waals surface area (Å²) in [7, 11) is -3.38. The highest BCUT2D eigenvalue weighted by molar-refractivity contribution is 9.10. The molecule has 0 aliphatic heterocycles. The van der Waals surface area contributed by atoms with Gasteiger partial charge in [0.15, 0.2) is 0 Å². The Kier molecular flexibility index (Phi) is 5.16. The minimum atomic E-state index is -3.38. The zero-order valence-corrected chi connectivity index (χ0v) is 13.0. The molecule has 0 aliphatic rings. The summed E-state index contributed by atoms with van der Waals surface area (Å²) >= 11 is 3.04. The normalized spacial score (nSPS) is 11.9. The van der Waals surface area contributed by atoms with E-state index in [1.165, 1.54) is 12.1 Å². The molecule has 0 fully saturated rings. The first-order valence-electron chi connectivity index (χ1n) is 5.67. The molecule has 0 bridgehead atoms. The van der Waals surface area contributed by atoms with Crippen LogP contribution in [0.3, 0.4) is 0 Å². The topological polar surface area (TPSA) is 46.2 Å². The van der Waals surface area contributed by atoms with E-state index in [1.807, 2.05) is 13.8 Å². The largest absolute Gasteiger partial charge is 0.283 e. The average Bonchev–Trinajstić information content (AvgIpc) is 2.23. The Balaban J connectivity index is 2.87. The summed E-state index contributed by atoms with van der Waals surface area (Å²) in [6.07, 6.45) is 0.594. The first-order chi connectivity index (χ1) is 8.21. The molecular weight excluding hydrogens is 321 g/mol. The van der Waals surface area contributed by atoms with Crippen LogP contribution in [0.15, 0.2) is 16.6 Å². The Morgan fingerprint density at radius 3 is 2.56 bits per heavy atom. The van der Waals surface area contributed by atoms with Crippen molar-refractivity contribution in [2.45, 2.75) is 27.2 Å². The number of hydrogen-bond acceptors (Lipinski definition) is 2. The van der Waals surface area contributed by atoms with Gasteiger partial charge in [0.25, 0.3) is 0 Å². The first-order valence-corrected chi connectivity index (χ1v) is 8.12. The van der Waals surface area contributed by atoms with E-state index in [0.29, 0.717) is 23.6 Å². The van der Waals surface area contributed by atoms with Crippen molar-refractivity contribution in [2.75, 3.05) is 10.5 Å². The second-order valence-electron chi connectivity index (χ2n) is 4.68. The molecule has 0 spiro atoms. The predicted molar refractivity (Wildman–Crippen MR) is 75.7 cm³/mol. The van der Waals surface area contributed by atoms with Crippen LogP contribution in [0.1, 0.15) is 25.8 Å². The van der Waals surface area contributed by atoms with Crippen molar-refractivity contribution in [3.8, 4) is 0 Å². The SMILES string of the molecule is Cc1cc(F)c(Br)cc1NS(=O)(=O)CCC(C)C. The Hall–Kier alpha value is -0.620. The molecule has 0 atom stereocenters. The van der Waals surface area contributed by atoms with E-state index in [-0.39, 0.29) is 10.2 Å². The minimum absolute atomic E-state index is 0.0686. The molecule has 0 amide bonds. The van der Waals surface area contributed by atoms with Gasteiger partial charge in [0.1, 0.15) is 5.82 Å². The van der Waals surface area contributed by atoms with Crippen LogP contribution in [0.25, 0.3) is 0 Å². The van der Waals surface area contributed by atoms with Gasteiger partial charge in [-0.1, -0.05) is 13.8 Å². The molecule has 1 aromatic carbocycles. The van der Waals surface area contributed by atoms with Crippen molar-refractivity contribution in [2.24, 2.45) is 5.92 Å². The van der Waals surface area contributed by atoms with Gasteiger partial charge in [0.05, 0.1) is 15.9 Å². The summed E-state index contributed by atoms with van der Waals surface area (Å²) in [5, 5.41) is 0. The Morgan fingerprint density at radius 1 is 1.39 bits per heavy atom. The zero-order chi connectivity index (χ0) is 13.9. The fraction of sp³-hybridized carbons (Fsp3) is 0.500. The van der Waals surface area contributed by atoms with Crippen molar-refractivity contribution in [1.29, 1.82) is 0 Å². The van der Waals surface area contributed by atoms with Gasteiger partial charge in [-0.05, 0) is 52.9 Å². The van der Waals surface area contributed by atoms with E-state index in [0.717, 1.165) is 0 Å².